The van der Waals surface area contributed by atoms with Gasteiger partial charge in [0.15, 0.2) is 0 Å². The van der Waals surface area contributed by atoms with Crippen molar-refractivity contribution in [1.82, 2.24) is 14.9 Å². The molecule has 0 aliphatic carbocycles. The molecule has 0 unspecified atom stereocenters. The highest BCUT2D eigenvalue weighted by atomic mass is 32.1. The van der Waals surface area contributed by atoms with Crippen molar-refractivity contribution in [2.24, 2.45) is 0 Å². The number of fused-ring (bicyclic) bond motifs is 1. The second-order valence-electron chi connectivity index (χ2n) is 7.10. The number of aromatic nitrogens is 2. The number of aryl methyl sites for hydroxylation is 1. The zero-order valence-electron chi connectivity index (χ0n) is 16.8. The highest BCUT2D eigenvalue weighted by molar-refractivity contribution is 7.20. The Hall–Kier alpha value is -2.71. The number of thiophene rings is 1. The van der Waals surface area contributed by atoms with Crippen LogP contribution in [0.1, 0.15) is 27.2 Å². The van der Waals surface area contributed by atoms with E-state index in [0.717, 1.165) is 39.3 Å². The molecule has 1 N–H and O–H groups in total. The normalized spacial score (nSPS) is 16.2. The van der Waals surface area contributed by atoms with E-state index in [0.29, 0.717) is 24.6 Å². The molecule has 7 nitrogen and oxygen atoms in total. The van der Waals surface area contributed by atoms with E-state index < -0.39 is 0 Å². The van der Waals surface area contributed by atoms with Gasteiger partial charge in [-0.05, 0) is 36.6 Å². The van der Waals surface area contributed by atoms with Gasteiger partial charge in [-0.1, -0.05) is 12.1 Å². The second kappa shape index (κ2) is 8.34. The van der Waals surface area contributed by atoms with Crippen LogP contribution in [0, 0.1) is 6.92 Å². The molecular weight excluding hydrogens is 388 g/mol. The van der Waals surface area contributed by atoms with E-state index in [4.69, 9.17) is 9.47 Å². The number of hydrogen-bond donors (Lipinski definition) is 1. The predicted molar refractivity (Wildman–Crippen MR) is 114 cm³/mol. The number of nitrogens with zero attached hydrogens (tertiary/aromatic N) is 3. The van der Waals surface area contributed by atoms with Crippen LogP contribution in [0.3, 0.4) is 0 Å². The van der Waals surface area contributed by atoms with Crippen molar-refractivity contribution in [2.45, 2.75) is 25.9 Å². The van der Waals surface area contributed by atoms with Crippen molar-refractivity contribution < 1.29 is 14.3 Å². The summed E-state index contributed by atoms with van der Waals surface area (Å²) in [6.07, 6.45) is 2.41. The van der Waals surface area contributed by atoms with Crippen LogP contribution >= 0.6 is 11.3 Å². The fourth-order valence-electron chi connectivity index (χ4n) is 3.53. The zero-order chi connectivity index (χ0) is 20.4. The van der Waals surface area contributed by atoms with Crippen LogP contribution in [0.2, 0.25) is 0 Å². The molecule has 0 radical (unpaired) electrons. The molecule has 3 aromatic rings. The van der Waals surface area contributed by atoms with Crippen LogP contribution in [-0.4, -0.2) is 54.2 Å². The summed E-state index contributed by atoms with van der Waals surface area (Å²) in [7, 11) is 3.50. The van der Waals surface area contributed by atoms with Gasteiger partial charge in [-0.3, -0.25) is 4.79 Å². The van der Waals surface area contributed by atoms with Crippen molar-refractivity contribution in [3.8, 4) is 5.75 Å². The third kappa shape index (κ3) is 3.90. The van der Waals surface area contributed by atoms with Crippen LogP contribution in [-0.2, 0) is 11.3 Å². The number of carbonyl (C=O) groups excluding carboxylic acids is 1. The first kappa shape index (κ1) is 19.6. The molecule has 1 aliphatic heterocycles. The number of methoxy groups -OCH3 is 1. The second-order valence-corrected chi connectivity index (χ2v) is 8.10. The maximum Gasteiger partial charge on any atom is 0.264 e. The molecule has 0 spiro atoms. The van der Waals surface area contributed by atoms with E-state index in [1.54, 1.807) is 12.0 Å². The number of likely N-dealkylation sites (N-methyl/N-ethyl adjacent to an activating group) is 1. The standard InChI is InChI=1S/C21H24N4O3S/c1-13-17-19(22-10-14-5-4-6-16(9-14)27-3)23-12-24-20(17)29-18(13)21(26)25(2)15-7-8-28-11-15/h4-6,9,12,15H,7-8,10-11H2,1-3H3,(H,22,23,24)/t15-/m1/s1. The SMILES string of the molecule is COc1cccc(CNc2ncnc3sc(C(=O)N(C)[C@@H]4CCOC4)c(C)c23)c1. The Labute approximate surface area is 173 Å². The Morgan fingerprint density at radius 3 is 3.03 bits per heavy atom. The molecule has 29 heavy (non-hydrogen) atoms. The van der Waals surface area contributed by atoms with E-state index in [-0.39, 0.29) is 11.9 Å². The lowest BCUT2D eigenvalue weighted by Gasteiger charge is -2.22. The van der Waals surface area contributed by atoms with Crippen molar-refractivity contribution >= 4 is 33.3 Å². The minimum atomic E-state index is 0.0137. The third-order valence-electron chi connectivity index (χ3n) is 5.29. The van der Waals surface area contributed by atoms with E-state index in [1.165, 1.54) is 17.7 Å². The number of amides is 1. The zero-order valence-corrected chi connectivity index (χ0v) is 17.6. The molecule has 1 fully saturated rings. The third-order valence-corrected chi connectivity index (χ3v) is 6.48. The average molecular weight is 413 g/mol. The molecule has 0 bridgehead atoms. The molecule has 0 saturated carbocycles. The molecule has 2 aromatic heterocycles. The Morgan fingerprint density at radius 1 is 1.41 bits per heavy atom. The van der Waals surface area contributed by atoms with Gasteiger partial charge in [0, 0.05) is 20.2 Å². The number of benzene rings is 1. The largest absolute Gasteiger partial charge is 0.497 e. The van der Waals surface area contributed by atoms with Crippen molar-refractivity contribution in [1.29, 1.82) is 0 Å². The van der Waals surface area contributed by atoms with Crippen LogP contribution in [0.5, 0.6) is 5.75 Å². The molecule has 1 atom stereocenters. The minimum absolute atomic E-state index is 0.0137. The fraction of sp³-hybridized carbons (Fsp3) is 0.381. The Bertz CT molecular complexity index is 1030. The molecule has 152 valence electrons. The Morgan fingerprint density at radius 2 is 2.28 bits per heavy atom. The van der Waals surface area contributed by atoms with Crippen molar-refractivity contribution in [3.63, 3.8) is 0 Å². The number of rotatable bonds is 6. The first-order chi connectivity index (χ1) is 14.1. The summed E-state index contributed by atoms with van der Waals surface area (Å²) in [5, 5.41) is 4.29. The van der Waals surface area contributed by atoms with E-state index >= 15 is 0 Å². The molecule has 1 saturated heterocycles. The van der Waals surface area contributed by atoms with Gasteiger partial charge in [-0.25, -0.2) is 9.97 Å². The van der Waals surface area contributed by atoms with Gasteiger partial charge in [0.25, 0.3) is 5.91 Å². The summed E-state index contributed by atoms with van der Waals surface area (Å²) < 4.78 is 10.7. The number of hydrogen-bond acceptors (Lipinski definition) is 7. The van der Waals surface area contributed by atoms with Crippen LogP contribution in [0.4, 0.5) is 5.82 Å². The van der Waals surface area contributed by atoms with Gasteiger partial charge in [0.2, 0.25) is 0 Å². The van der Waals surface area contributed by atoms with Crippen LogP contribution in [0.25, 0.3) is 10.2 Å². The first-order valence-corrected chi connectivity index (χ1v) is 10.4. The van der Waals surface area contributed by atoms with E-state index in [1.807, 2.05) is 38.2 Å². The van der Waals surface area contributed by atoms with Crippen LogP contribution < -0.4 is 10.1 Å². The van der Waals surface area contributed by atoms with E-state index in [9.17, 15) is 4.79 Å². The van der Waals surface area contributed by atoms with Gasteiger partial charge in [-0.2, -0.15) is 0 Å². The summed E-state index contributed by atoms with van der Waals surface area (Å²) in [5.41, 5.74) is 2.00. The number of carbonyl (C=O) groups is 1. The Balaban J connectivity index is 1.60. The maximum absolute atomic E-state index is 13.1. The smallest absolute Gasteiger partial charge is 0.264 e. The van der Waals surface area contributed by atoms with Crippen molar-refractivity contribution in [3.05, 3.63) is 46.6 Å². The van der Waals surface area contributed by atoms with Gasteiger partial charge in [-0.15, -0.1) is 11.3 Å². The summed E-state index contributed by atoms with van der Waals surface area (Å²) in [6, 6.07) is 8.02. The van der Waals surface area contributed by atoms with E-state index in [2.05, 4.69) is 15.3 Å². The minimum Gasteiger partial charge on any atom is -0.497 e. The lowest BCUT2D eigenvalue weighted by molar-refractivity contribution is 0.0715. The van der Waals surface area contributed by atoms with Crippen molar-refractivity contribution in [2.75, 3.05) is 32.7 Å². The molecule has 1 amide bonds. The molecular formula is C21H24N4O3S. The number of nitrogens with one attached hydrogen (secondary N) is 1. The lowest BCUT2D eigenvalue weighted by atomic mass is 10.1. The number of anilines is 1. The molecule has 3 heterocycles. The monoisotopic (exact) mass is 412 g/mol. The average Bonchev–Trinajstić information content (AvgIpc) is 3.40. The maximum atomic E-state index is 13.1. The van der Waals surface area contributed by atoms with Gasteiger partial charge in [0.05, 0.1) is 30.0 Å². The fourth-order valence-corrected chi connectivity index (χ4v) is 4.66. The van der Waals surface area contributed by atoms with Crippen LogP contribution in [0.15, 0.2) is 30.6 Å². The number of ether oxygens (including phenoxy) is 2. The highest BCUT2D eigenvalue weighted by Gasteiger charge is 2.28. The van der Waals surface area contributed by atoms with Gasteiger partial charge < -0.3 is 19.7 Å². The molecule has 4 rings (SSSR count). The molecule has 1 aromatic carbocycles. The lowest BCUT2D eigenvalue weighted by Crippen LogP contribution is -2.37. The first-order valence-electron chi connectivity index (χ1n) is 9.54. The summed E-state index contributed by atoms with van der Waals surface area (Å²) in [4.78, 5) is 25.2. The summed E-state index contributed by atoms with van der Waals surface area (Å²) >= 11 is 1.42. The quantitative estimate of drug-likeness (QED) is 0.668. The Kier molecular flexibility index (Phi) is 5.64. The molecule has 1 aliphatic rings. The predicted octanol–water partition coefficient (Wildman–Crippen LogP) is 3.48. The summed E-state index contributed by atoms with van der Waals surface area (Å²) in [5.74, 6) is 1.56. The summed E-state index contributed by atoms with van der Waals surface area (Å²) in [6.45, 7) is 3.86. The molecule has 8 heteroatoms. The topological polar surface area (TPSA) is 76.6 Å². The van der Waals surface area contributed by atoms with Gasteiger partial charge in [0.1, 0.15) is 22.7 Å². The van der Waals surface area contributed by atoms with Gasteiger partial charge >= 0.3 is 0 Å². The highest BCUT2D eigenvalue weighted by Crippen LogP contribution is 2.34.